The minimum atomic E-state index is -0.298. The highest BCUT2D eigenvalue weighted by Crippen LogP contribution is 2.27. The van der Waals surface area contributed by atoms with Crippen LogP contribution in [0.1, 0.15) is 33.2 Å². The fourth-order valence-corrected chi connectivity index (χ4v) is 3.08. The van der Waals surface area contributed by atoms with Gasteiger partial charge in [-0.15, -0.1) is 0 Å². The zero-order chi connectivity index (χ0) is 17.3. The van der Waals surface area contributed by atoms with Crippen molar-refractivity contribution in [2.24, 2.45) is 0 Å². The van der Waals surface area contributed by atoms with Crippen LogP contribution in [-0.4, -0.2) is 36.3 Å². The largest absolute Gasteiger partial charge is 0.398 e. The molecule has 124 valence electrons. The molecule has 1 aliphatic heterocycles. The molecule has 0 saturated carbocycles. The van der Waals surface area contributed by atoms with Gasteiger partial charge in [0, 0.05) is 31.0 Å². The van der Waals surface area contributed by atoms with Gasteiger partial charge in [-0.05, 0) is 43.7 Å². The summed E-state index contributed by atoms with van der Waals surface area (Å²) in [5.41, 5.74) is 9.23. The van der Waals surface area contributed by atoms with Crippen LogP contribution in [0.25, 0.3) is 0 Å². The predicted octanol–water partition coefficient (Wildman–Crippen LogP) is 2.70. The van der Waals surface area contributed by atoms with Crippen LogP contribution in [0, 0.1) is 6.92 Å². The first kappa shape index (κ1) is 16.1. The first-order valence-electron chi connectivity index (χ1n) is 8.09. The second kappa shape index (κ2) is 6.35. The predicted molar refractivity (Wildman–Crippen MR) is 95.3 cm³/mol. The zero-order valence-electron chi connectivity index (χ0n) is 14.0. The van der Waals surface area contributed by atoms with E-state index in [2.05, 4.69) is 17.9 Å². The molecule has 0 radical (unpaired) electrons. The van der Waals surface area contributed by atoms with Gasteiger partial charge in [-0.3, -0.25) is 14.5 Å². The number of imide groups is 1. The van der Waals surface area contributed by atoms with Crippen LogP contribution < -0.4 is 10.6 Å². The topological polar surface area (TPSA) is 66.6 Å². The highest BCUT2D eigenvalue weighted by atomic mass is 16.2. The lowest BCUT2D eigenvalue weighted by Crippen LogP contribution is -2.38. The van der Waals surface area contributed by atoms with Crippen molar-refractivity contribution in [3.05, 3.63) is 59.2 Å². The Hall–Kier alpha value is -2.82. The van der Waals surface area contributed by atoms with E-state index in [0.717, 1.165) is 12.2 Å². The van der Waals surface area contributed by atoms with Crippen molar-refractivity contribution in [3.8, 4) is 0 Å². The quantitative estimate of drug-likeness (QED) is 0.678. The minimum Gasteiger partial charge on any atom is -0.398 e. The molecule has 0 fully saturated rings. The monoisotopic (exact) mass is 323 g/mol. The van der Waals surface area contributed by atoms with Crippen molar-refractivity contribution in [1.29, 1.82) is 0 Å². The first-order valence-corrected chi connectivity index (χ1v) is 8.09. The summed E-state index contributed by atoms with van der Waals surface area (Å²) in [6.45, 7) is 5.83. The van der Waals surface area contributed by atoms with Gasteiger partial charge in [-0.2, -0.15) is 0 Å². The van der Waals surface area contributed by atoms with E-state index in [0.29, 0.717) is 29.9 Å². The molecule has 2 aromatic rings. The van der Waals surface area contributed by atoms with E-state index in [1.807, 2.05) is 25.1 Å². The number of nitrogen functional groups attached to an aromatic ring is 1. The lowest BCUT2D eigenvalue weighted by Gasteiger charge is -2.25. The summed E-state index contributed by atoms with van der Waals surface area (Å²) in [7, 11) is 0. The number of hydrogen-bond acceptors (Lipinski definition) is 4. The summed E-state index contributed by atoms with van der Waals surface area (Å²) in [4.78, 5) is 28.5. The van der Waals surface area contributed by atoms with E-state index in [1.165, 1.54) is 10.5 Å². The number of fused-ring (bicyclic) bond motifs is 1. The molecule has 2 amide bonds. The maximum absolute atomic E-state index is 12.5. The lowest BCUT2D eigenvalue weighted by atomic mass is 10.1. The van der Waals surface area contributed by atoms with Crippen molar-refractivity contribution < 1.29 is 9.59 Å². The van der Waals surface area contributed by atoms with Gasteiger partial charge in [-0.1, -0.05) is 18.2 Å². The first-order chi connectivity index (χ1) is 11.5. The SMILES string of the molecule is CCN(CCN1C(=O)c2cccc(N)c2C1=O)c1cccc(C)c1. The molecule has 2 aromatic carbocycles. The van der Waals surface area contributed by atoms with Gasteiger partial charge in [0.05, 0.1) is 11.1 Å². The van der Waals surface area contributed by atoms with E-state index in [-0.39, 0.29) is 11.8 Å². The van der Waals surface area contributed by atoms with Crippen LogP contribution in [0.2, 0.25) is 0 Å². The third-order valence-corrected chi connectivity index (χ3v) is 4.37. The Balaban J connectivity index is 1.76. The number of anilines is 2. The Bertz CT molecular complexity index is 801. The standard InChI is InChI=1S/C19H21N3O2/c1-3-21(14-7-4-6-13(2)12-14)10-11-22-18(23)15-8-5-9-16(20)17(15)19(22)24/h4-9,12H,3,10-11,20H2,1-2H3. The Labute approximate surface area is 141 Å². The van der Waals surface area contributed by atoms with Crippen LogP contribution in [-0.2, 0) is 0 Å². The number of rotatable bonds is 5. The number of nitrogens with two attached hydrogens (primary N) is 1. The molecule has 0 aromatic heterocycles. The van der Waals surface area contributed by atoms with Crippen molar-refractivity contribution >= 4 is 23.2 Å². The number of hydrogen-bond donors (Lipinski definition) is 1. The minimum absolute atomic E-state index is 0.261. The third-order valence-electron chi connectivity index (χ3n) is 4.37. The lowest BCUT2D eigenvalue weighted by molar-refractivity contribution is 0.0658. The van der Waals surface area contributed by atoms with Gasteiger partial charge in [0.15, 0.2) is 0 Å². The summed E-state index contributed by atoms with van der Waals surface area (Å²) in [6, 6.07) is 13.2. The maximum atomic E-state index is 12.5. The summed E-state index contributed by atoms with van der Waals surface area (Å²) < 4.78 is 0. The molecule has 24 heavy (non-hydrogen) atoms. The Morgan fingerprint density at radius 2 is 1.83 bits per heavy atom. The van der Waals surface area contributed by atoms with Crippen molar-refractivity contribution in [2.45, 2.75) is 13.8 Å². The van der Waals surface area contributed by atoms with E-state index >= 15 is 0 Å². The summed E-state index contributed by atoms with van der Waals surface area (Å²) in [5.74, 6) is -0.559. The second-order valence-electron chi connectivity index (χ2n) is 5.95. The van der Waals surface area contributed by atoms with Crippen LogP contribution in [0.4, 0.5) is 11.4 Å². The molecule has 0 saturated heterocycles. The molecule has 0 atom stereocenters. The summed E-state index contributed by atoms with van der Waals surface area (Å²) in [5, 5.41) is 0. The number of benzene rings is 2. The molecule has 0 bridgehead atoms. The van der Waals surface area contributed by atoms with E-state index in [4.69, 9.17) is 5.73 Å². The van der Waals surface area contributed by atoms with Gasteiger partial charge >= 0.3 is 0 Å². The molecule has 5 heteroatoms. The average molecular weight is 323 g/mol. The van der Waals surface area contributed by atoms with Crippen LogP contribution in [0.3, 0.4) is 0 Å². The summed E-state index contributed by atoms with van der Waals surface area (Å²) >= 11 is 0. The Kier molecular flexibility index (Phi) is 4.25. The number of nitrogens with zero attached hydrogens (tertiary/aromatic N) is 2. The molecule has 2 N–H and O–H groups in total. The van der Waals surface area contributed by atoms with E-state index in [9.17, 15) is 9.59 Å². The smallest absolute Gasteiger partial charge is 0.263 e. The highest BCUT2D eigenvalue weighted by molar-refractivity contribution is 6.23. The van der Waals surface area contributed by atoms with Crippen LogP contribution in [0.5, 0.6) is 0 Å². The molecule has 1 heterocycles. The molecule has 3 rings (SSSR count). The average Bonchev–Trinajstić information content (AvgIpc) is 2.81. The van der Waals surface area contributed by atoms with Crippen molar-refractivity contribution in [3.63, 3.8) is 0 Å². The Morgan fingerprint density at radius 3 is 2.50 bits per heavy atom. The molecular formula is C19H21N3O2. The fourth-order valence-electron chi connectivity index (χ4n) is 3.08. The normalized spacial score (nSPS) is 13.3. The number of amides is 2. The second-order valence-corrected chi connectivity index (χ2v) is 5.95. The van der Waals surface area contributed by atoms with Gasteiger partial charge in [0.25, 0.3) is 11.8 Å². The molecule has 1 aliphatic rings. The van der Waals surface area contributed by atoms with Crippen molar-refractivity contribution in [1.82, 2.24) is 4.90 Å². The summed E-state index contributed by atoms with van der Waals surface area (Å²) in [6.07, 6.45) is 0. The van der Waals surface area contributed by atoms with Gasteiger partial charge in [0.2, 0.25) is 0 Å². The Morgan fingerprint density at radius 1 is 1.08 bits per heavy atom. The molecule has 0 aliphatic carbocycles. The number of carbonyl (C=O) groups excluding carboxylic acids is 2. The molecule has 0 unspecified atom stereocenters. The van der Waals surface area contributed by atoms with E-state index < -0.39 is 0 Å². The highest BCUT2D eigenvalue weighted by Gasteiger charge is 2.36. The van der Waals surface area contributed by atoms with Gasteiger partial charge in [0.1, 0.15) is 0 Å². The van der Waals surface area contributed by atoms with E-state index in [1.54, 1.807) is 18.2 Å². The zero-order valence-corrected chi connectivity index (χ0v) is 14.0. The third kappa shape index (κ3) is 2.73. The molecule has 5 nitrogen and oxygen atoms in total. The van der Waals surface area contributed by atoms with Crippen LogP contribution in [0.15, 0.2) is 42.5 Å². The molecule has 0 spiro atoms. The van der Waals surface area contributed by atoms with Gasteiger partial charge < -0.3 is 10.6 Å². The van der Waals surface area contributed by atoms with Crippen LogP contribution >= 0.6 is 0 Å². The van der Waals surface area contributed by atoms with Crippen molar-refractivity contribution in [2.75, 3.05) is 30.3 Å². The maximum Gasteiger partial charge on any atom is 0.263 e. The number of likely N-dealkylation sites (N-methyl/N-ethyl adjacent to an activating group) is 1. The number of aryl methyl sites for hydroxylation is 1. The molecular weight excluding hydrogens is 302 g/mol. The number of carbonyl (C=O) groups is 2. The fraction of sp³-hybridized carbons (Fsp3) is 0.263. The van der Waals surface area contributed by atoms with Gasteiger partial charge in [-0.25, -0.2) is 0 Å².